The fourth-order valence-corrected chi connectivity index (χ4v) is 3.51. The Morgan fingerprint density at radius 1 is 1.38 bits per heavy atom. The Kier molecular flexibility index (Phi) is 4.95. The Labute approximate surface area is 123 Å². The summed E-state index contributed by atoms with van der Waals surface area (Å²) in [5.41, 5.74) is 0.352. The highest BCUT2D eigenvalue weighted by atomic mass is 32.2. The Balaban J connectivity index is 2.08. The number of hydrogen-bond donors (Lipinski definition) is 0. The van der Waals surface area contributed by atoms with Crippen LogP contribution in [0.5, 0.6) is 0 Å². The molecule has 1 fully saturated rings. The molecule has 0 spiro atoms. The van der Waals surface area contributed by atoms with Gasteiger partial charge in [0.2, 0.25) is 5.91 Å². The zero-order valence-electron chi connectivity index (χ0n) is 11.8. The van der Waals surface area contributed by atoms with Crippen molar-refractivity contribution >= 4 is 15.7 Å². The number of ether oxygens (including phenoxy) is 1. The lowest BCUT2D eigenvalue weighted by Crippen LogP contribution is -2.43. The molecular weight excluding hydrogens is 297 g/mol. The van der Waals surface area contributed by atoms with E-state index in [1.54, 1.807) is 6.07 Å². The number of halogens is 1. The fraction of sp³-hybridized carbons (Fsp3) is 0.500. The molecule has 0 radical (unpaired) electrons. The first-order chi connectivity index (χ1) is 9.90. The molecule has 0 N–H and O–H groups in total. The van der Waals surface area contributed by atoms with E-state index < -0.39 is 32.6 Å². The summed E-state index contributed by atoms with van der Waals surface area (Å²) in [6.07, 6.45) is 0. The van der Waals surface area contributed by atoms with E-state index in [1.165, 1.54) is 30.0 Å². The largest absolute Gasteiger partial charge is 0.378 e. The molecule has 1 heterocycles. The zero-order chi connectivity index (χ0) is 15.5. The SMILES string of the molecule is CC(c1cccc(F)c1)S(=O)(=O)CC(=O)N1CCOCC1. The van der Waals surface area contributed by atoms with Gasteiger partial charge >= 0.3 is 0 Å². The lowest BCUT2D eigenvalue weighted by molar-refractivity contribution is -0.132. The van der Waals surface area contributed by atoms with Crippen LogP contribution in [0.1, 0.15) is 17.7 Å². The maximum Gasteiger partial charge on any atom is 0.237 e. The van der Waals surface area contributed by atoms with E-state index in [-0.39, 0.29) is 0 Å². The third kappa shape index (κ3) is 4.01. The van der Waals surface area contributed by atoms with Gasteiger partial charge in [0, 0.05) is 13.1 Å². The van der Waals surface area contributed by atoms with E-state index in [1.807, 2.05) is 0 Å². The van der Waals surface area contributed by atoms with Crippen LogP contribution in [0.2, 0.25) is 0 Å². The number of carbonyl (C=O) groups is 1. The number of benzene rings is 1. The Morgan fingerprint density at radius 3 is 2.67 bits per heavy atom. The van der Waals surface area contributed by atoms with Gasteiger partial charge in [-0.05, 0) is 24.6 Å². The molecule has 1 atom stereocenters. The van der Waals surface area contributed by atoms with Crippen LogP contribution in [0.4, 0.5) is 4.39 Å². The monoisotopic (exact) mass is 315 g/mol. The van der Waals surface area contributed by atoms with Crippen molar-refractivity contribution < 1.29 is 22.3 Å². The molecular formula is C14H18FNO4S. The van der Waals surface area contributed by atoms with Crippen LogP contribution in [-0.2, 0) is 19.4 Å². The normalized spacial score (nSPS) is 17.5. The minimum absolute atomic E-state index is 0.352. The van der Waals surface area contributed by atoms with E-state index in [4.69, 9.17) is 4.74 Å². The maximum atomic E-state index is 13.2. The minimum atomic E-state index is -3.68. The summed E-state index contributed by atoms with van der Waals surface area (Å²) < 4.78 is 42.9. The van der Waals surface area contributed by atoms with Gasteiger partial charge in [0.15, 0.2) is 9.84 Å². The van der Waals surface area contributed by atoms with Crippen LogP contribution in [0.3, 0.4) is 0 Å². The van der Waals surface area contributed by atoms with Gasteiger partial charge in [0.1, 0.15) is 11.6 Å². The van der Waals surface area contributed by atoms with Crippen molar-refractivity contribution in [2.24, 2.45) is 0 Å². The smallest absolute Gasteiger partial charge is 0.237 e. The molecule has 1 aromatic carbocycles. The highest BCUT2D eigenvalue weighted by molar-refractivity contribution is 7.92. The number of hydrogen-bond acceptors (Lipinski definition) is 4. The van der Waals surface area contributed by atoms with Crippen LogP contribution in [0.25, 0.3) is 0 Å². The van der Waals surface area contributed by atoms with Crippen LogP contribution in [-0.4, -0.2) is 51.3 Å². The predicted molar refractivity (Wildman–Crippen MR) is 76.0 cm³/mol. The molecule has 1 aromatic rings. The molecule has 1 aliphatic heterocycles. The quantitative estimate of drug-likeness (QED) is 0.836. The highest BCUT2D eigenvalue weighted by Gasteiger charge is 2.29. The van der Waals surface area contributed by atoms with Crippen LogP contribution in [0, 0.1) is 5.82 Å². The molecule has 1 saturated heterocycles. The van der Waals surface area contributed by atoms with E-state index in [2.05, 4.69) is 0 Å². The molecule has 1 aliphatic rings. The van der Waals surface area contributed by atoms with Crippen molar-refractivity contribution in [1.29, 1.82) is 0 Å². The molecule has 2 rings (SSSR count). The second-order valence-electron chi connectivity index (χ2n) is 5.00. The summed E-state index contributed by atoms with van der Waals surface area (Å²) in [5.74, 6) is -1.49. The Hall–Kier alpha value is -1.47. The highest BCUT2D eigenvalue weighted by Crippen LogP contribution is 2.23. The van der Waals surface area contributed by atoms with Gasteiger partial charge in [0.05, 0.1) is 18.5 Å². The van der Waals surface area contributed by atoms with E-state index in [9.17, 15) is 17.6 Å². The van der Waals surface area contributed by atoms with E-state index in [0.29, 0.717) is 31.9 Å². The summed E-state index contributed by atoms with van der Waals surface area (Å²) >= 11 is 0. The first-order valence-corrected chi connectivity index (χ1v) is 8.44. The van der Waals surface area contributed by atoms with Gasteiger partial charge < -0.3 is 9.64 Å². The van der Waals surface area contributed by atoms with Gasteiger partial charge in [0.25, 0.3) is 0 Å². The van der Waals surface area contributed by atoms with Gasteiger partial charge in [-0.15, -0.1) is 0 Å². The lowest BCUT2D eigenvalue weighted by Gasteiger charge is -2.27. The number of morpholine rings is 1. The number of rotatable bonds is 4. The Bertz CT molecular complexity index is 611. The van der Waals surface area contributed by atoms with Crippen molar-refractivity contribution in [3.8, 4) is 0 Å². The lowest BCUT2D eigenvalue weighted by atomic mass is 10.2. The molecule has 21 heavy (non-hydrogen) atoms. The first kappa shape index (κ1) is 15.9. The summed E-state index contributed by atoms with van der Waals surface area (Å²) in [4.78, 5) is 13.5. The number of carbonyl (C=O) groups excluding carboxylic acids is 1. The minimum Gasteiger partial charge on any atom is -0.378 e. The molecule has 0 aliphatic carbocycles. The van der Waals surface area contributed by atoms with Crippen LogP contribution >= 0.6 is 0 Å². The maximum absolute atomic E-state index is 13.2. The van der Waals surface area contributed by atoms with Crippen molar-refractivity contribution in [1.82, 2.24) is 4.90 Å². The van der Waals surface area contributed by atoms with Gasteiger partial charge in [-0.2, -0.15) is 0 Å². The van der Waals surface area contributed by atoms with Gasteiger partial charge in [-0.1, -0.05) is 12.1 Å². The molecule has 1 amide bonds. The fourth-order valence-electron chi connectivity index (χ4n) is 2.17. The van der Waals surface area contributed by atoms with Crippen molar-refractivity contribution in [3.63, 3.8) is 0 Å². The molecule has 0 bridgehead atoms. The number of sulfone groups is 1. The Morgan fingerprint density at radius 2 is 2.05 bits per heavy atom. The predicted octanol–water partition coefficient (Wildman–Crippen LogP) is 1.16. The van der Waals surface area contributed by atoms with Gasteiger partial charge in [-0.3, -0.25) is 4.79 Å². The average Bonchev–Trinajstić information content (AvgIpc) is 2.47. The molecule has 0 saturated carbocycles. The van der Waals surface area contributed by atoms with Crippen molar-refractivity contribution in [2.75, 3.05) is 32.1 Å². The molecule has 1 unspecified atom stereocenters. The number of nitrogens with zero attached hydrogens (tertiary/aromatic N) is 1. The first-order valence-electron chi connectivity index (χ1n) is 6.73. The third-order valence-electron chi connectivity index (χ3n) is 3.55. The summed E-state index contributed by atoms with van der Waals surface area (Å²) in [6.45, 7) is 3.12. The second-order valence-corrected chi connectivity index (χ2v) is 7.32. The van der Waals surface area contributed by atoms with Crippen LogP contribution < -0.4 is 0 Å². The second kappa shape index (κ2) is 6.53. The van der Waals surface area contributed by atoms with E-state index >= 15 is 0 Å². The van der Waals surface area contributed by atoms with Crippen molar-refractivity contribution in [2.45, 2.75) is 12.2 Å². The van der Waals surface area contributed by atoms with E-state index in [0.717, 1.165) is 0 Å². The summed E-state index contributed by atoms with van der Waals surface area (Å²) in [5, 5.41) is -0.918. The molecule has 116 valence electrons. The van der Waals surface area contributed by atoms with Crippen LogP contribution in [0.15, 0.2) is 24.3 Å². The molecule has 7 heteroatoms. The van der Waals surface area contributed by atoms with Gasteiger partial charge in [-0.25, -0.2) is 12.8 Å². The van der Waals surface area contributed by atoms with Crippen molar-refractivity contribution in [3.05, 3.63) is 35.6 Å². The number of amides is 1. The zero-order valence-corrected chi connectivity index (χ0v) is 12.6. The third-order valence-corrected chi connectivity index (χ3v) is 5.54. The topological polar surface area (TPSA) is 63.7 Å². The summed E-state index contributed by atoms with van der Waals surface area (Å²) in [7, 11) is -3.68. The summed E-state index contributed by atoms with van der Waals surface area (Å²) in [6, 6.07) is 5.44. The molecule has 0 aromatic heterocycles. The standard InChI is InChI=1S/C14H18FNO4S/c1-11(12-3-2-4-13(15)9-12)21(18,19)10-14(17)16-5-7-20-8-6-16/h2-4,9,11H,5-8,10H2,1H3. The average molecular weight is 315 g/mol. The molecule has 5 nitrogen and oxygen atoms in total.